The van der Waals surface area contributed by atoms with Crippen LogP contribution in [0.3, 0.4) is 0 Å². The number of hydrogen-bond donors (Lipinski definition) is 1. The van der Waals surface area contributed by atoms with Crippen LogP contribution < -0.4 is 5.32 Å². The first kappa shape index (κ1) is 11.3. The molecular weight excluding hydrogens is 276 g/mol. The molecule has 1 aliphatic carbocycles. The summed E-state index contributed by atoms with van der Waals surface area (Å²) < 4.78 is 3.55. The Labute approximate surface area is 110 Å². The normalized spacial score (nSPS) is 15.7. The number of aromatic nitrogens is 1. The smallest absolute Gasteiger partial charge is 0.0521 e. The summed E-state index contributed by atoms with van der Waals surface area (Å²) in [5.41, 5.74) is 4.02. The SMILES string of the molecule is Cc1cccc2c(Br)c(CNC3CC3)n(C)c12. The van der Waals surface area contributed by atoms with Crippen LogP contribution in [0.15, 0.2) is 22.7 Å². The Hall–Kier alpha value is -0.800. The van der Waals surface area contributed by atoms with E-state index in [0.717, 1.165) is 12.6 Å². The molecule has 0 radical (unpaired) electrons. The largest absolute Gasteiger partial charge is 0.345 e. The monoisotopic (exact) mass is 292 g/mol. The zero-order chi connectivity index (χ0) is 12.0. The summed E-state index contributed by atoms with van der Waals surface area (Å²) in [4.78, 5) is 0. The quantitative estimate of drug-likeness (QED) is 0.916. The van der Waals surface area contributed by atoms with Crippen LogP contribution in [0.5, 0.6) is 0 Å². The lowest BCUT2D eigenvalue weighted by Gasteiger charge is -2.07. The molecule has 2 aromatic rings. The van der Waals surface area contributed by atoms with Crippen molar-refractivity contribution in [3.05, 3.63) is 33.9 Å². The van der Waals surface area contributed by atoms with Gasteiger partial charge < -0.3 is 9.88 Å². The van der Waals surface area contributed by atoms with Gasteiger partial charge in [-0.25, -0.2) is 0 Å². The Kier molecular flexibility index (Phi) is 2.75. The fraction of sp³-hybridized carbons (Fsp3) is 0.429. The number of para-hydroxylation sites is 1. The van der Waals surface area contributed by atoms with Crippen molar-refractivity contribution in [2.24, 2.45) is 7.05 Å². The van der Waals surface area contributed by atoms with E-state index in [9.17, 15) is 0 Å². The Morgan fingerprint density at radius 3 is 2.82 bits per heavy atom. The average molecular weight is 293 g/mol. The summed E-state index contributed by atoms with van der Waals surface area (Å²) >= 11 is 3.75. The van der Waals surface area contributed by atoms with Crippen LogP contribution in [0, 0.1) is 6.92 Å². The topological polar surface area (TPSA) is 17.0 Å². The molecule has 1 aromatic heterocycles. The number of fused-ring (bicyclic) bond motifs is 1. The number of halogens is 1. The lowest BCUT2D eigenvalue weighted by Crippen LogP contribution is -2.17. The molecule has 0 unspecified atom stereocenters. The molecular formula is C14H17BrN2. The maximum absolute atomic E-state index is 3.75. The van der Waals surface area contributed by atoms with Gasteiger partial charge in [0.15, 0.2) is 0 Å². The number of aryl methyl sites for hydroxylation is 2. The predicted octanol–water partition coefficient (Wildman–Crippen LogP) is 3.50. The number of hydrogen-bond acceptors (Lipinski definition) is 1. The van der Waals surface area contributed by atoms with Crippen LogP contribution in [0.4, 0.5) is 0 Å². The fourth-order valence-electron chi connectivity index (χ4n) is 2.44. The van der Waals surface area contributed by atoms with Gasteiger partial charge in [0, 0.05) is 35.2 Å². The van der Waals surface area contributed by atoms with E-state index in [1.807, 2.05) is 0 Å². The van der Waals surface area contributed by atoms with Gasteiger partial charge in [0.05, 0.1) is 5.52 Å². The van der Waals surface area contributed by atoms with Crippen molar-refractivity contribution < 1.29 is 0 Å². The third-order valence-corrected chi connectivity index (χ3v) is 4.49. The third-order valence-electron chi connectivity index (χ3n) is 3.60. The molecule has 1 aliphatic rings. The molecule has 1 fully saturated rings. The highest BCUT2D eigenvalue weighted by Crippen LogP contribution is 2.32. The highest BCUT2D eigenvalue weighted by atomic mass is 79.9. The molecule has 1 heterocycles. The van der Waals surface area contributed by atoms with Crippen LogP contribution in [-0.2, 0) is 13.6 Å². The van der Waals surface area contributed by atoms with Gasteiger partial charge in [0.1, 0.15) is 0 Å². The second-order valence-corrected chi connectivity index (χ2v) is 5.74. The van der Waals surface area contributed by atoms with Crippen molar-refractivity contribution in [2.45, 2.75) is 32.4 Å². The molecule has 1 N–H and O–H groups in total. The van der Waals surface area contributed by atoms with Crippen molar-refractivity contribution in [3.63, 3.8) is 0 Å². The van der Waals surface area contributed by atoms with Crippen LogP contribution in [-0.4, -0.2) is 10.6 Å². The lowest BCUT2D eigenvalue weighted by atomic mass is 10.2. The van der Waals surface area contributed by atoms with E-state index in [2.05, 4.69) is 58.0 Å². The van der Waals surface area contributed by atoms with Crippen molar-refractivity contribution in [1.82, 2.24) is 9.88 Å². The Morgan fingerprint density at radius 1 is 1.41 bits per heavy atom. The minimum absolute atomic E-state index is 0.751. The van der Waals surface area contributed by atoms with E-state index in [4.69, 9.17) is 0 Å². The maximum Gasteiger partial charge on any atom is 0.0521 e. The molecule has 3 rings (SSSR count). The number of nitrogens with one attached hydrogen (secondary N) is 1. The van der Waals surface area contributed by atoms with Crippen LogP contribution in [0.25, 0.3) is 10.9 Å². The van der Waals surface area contributed by atoms with Gasteiger partial charge in [0.2, 0.25) is 0 Å². The molecule has 0 atom stereocenters. The Morgan fingerprint density at radius 2 is 2.18 bits per heavy atom. The molecule has 3 heteroatoms. The van der Waals surface area contributed by atoms with Gasteiger partial charge in [-0.3, -0.25) is 0 Å². The van der Waals surface area contributed by atoms with Crippen LogP contribution in [0.1, 0.15) is 24.1 Å². The minimum Gasteiger partial charge on any atom is -0.345 e. The van der Waals surface area contributed by atoms with Gasteiger partial charge in [-0.1, -0.05) is 18.2 Å². The van der Waals surface area contributed by atoms with Crippen molar-refractivity contribution >= 4 is 26.8 Å². The van der Waals surface area contributed by atoms with E-state index in [-0.39, 0.29) is 0 Å². The summed E-state index contributed by atoms with van der Waals surface area (Å²) in [6.45, 7) is 3.13. The minimum atomic E-state index is 0.751. The molecule has 0 saturated heterocycles. The van der Waals surface area contributed by atoms with Crippen LogP contribution in [0.2, 0.25) is 0 Å². The second kappa shape index (κ2) is 4.14. The van der Waals surface area contributed by atoms with E-state index in [1.165, 1.54) is 39.5 Å². The summed E-state index contributed by atoms with van der Waals surface area (Å²) in [6, 6.07) is 7.24. The molecule has 0 bridgehead atoms. The number of benzene rings is 1. The van der Waals surface area contributed by atoms with Gasteiger partial charge in [-0.05, 0) is 41.3 Å². The molecule has 0 amide bonds. The van der Waals surface area contributed by atoms with Crippen molar-refractivity contribution in [1.29, 1.82) is 0 Å². The summed E-state index contributed by atoms with van der Waals surface area (Å²) in [6.07, 6.45) is 2.67. The molecule has 90 valence electrons. The zero-order valence-corrected chi connectivity index (χ0v) is 11.8. The van der Waals surface area contributed by atoms with E-state index < -0.39 is 0 Å². The number of rotatable bonds is 3. The zero-order valence-electron chi connectivity index (χ0n) is 10.3. The standard InChI is InChI=1S/C14H17BrN2/c1-9-4-3-5-11-13(15)12(17(2)14(9)11)8-16-10-6-7-10/h3-5,10,16H,6-8H2,1-2H3. The summed E-state index contributed by atoms with van der Waals surface area (Å²) in [5, 5.41) is 4.90. The average Bonchev–Trinajstić information content (AvgIpc) is 3.08. The first-order chi connectivity index (χ1) is 8.18. The summed E-state index contributed by atoms with van der Waals surface area (Å²) in [7, 11) is 2.16. The molecule has 1 aromatic carbocycles. The first-order valence-corrected chi connectivity index (χ1v) is 6.93. The van der Waals surface area contributed by atoms with Crippen molar-refractivity contribution in [2.75, 3.05) is 0 Å². The Balaban J connectivity index is 2.07. The molecule has 17 heavy (non-hydrogen) atoms. The van der Waals surface area contributed by atoms with Crippen LogP contribution >= 0.6 is 15.9 Å². The molecule has 0 spiro atoms. The highest BCUT2D eigenvalue weighted by Gasteiger charge is 2.22. The number of nitrogens with zero attached hydrogens (tertiary/aromatic N) is 1. The predicted molar refractivity (Wildman–Crippen MR) is 75.2 cm³/mol. The second-order valence-electron chi connectivity index (χ2n) is 4.95. The van der Waals surface area contributed by atoms with Crippen molar-refractivity contribution in [3.8, 4) is 0 Å². The maximum atomic E-state index is 3.75. The molecule has 0 aliphatic heterocycles. The van der Waals surface area contributed by atoms with Gasteiger partial charge >= 0.3 is 0 Å². The first-order valence-electron chi connectivity index (χ1n) is 6.14. The van der Waals surface area contributed by atoms with E-state index >= 15 is 0 Å². The Bertz CT molecular complexity index is 567. The third kappa shape index (κ3) is 1.91. The molecule has 1 saturated carbocycles. The summed E-state index contributed by atoms with van der Waals surface area (Å²) in [5.74, 6) is 0. The fourth-order valence-corrected chi connectivity index (χ4v) is 3.17. The van der Waals surface area contributed by atoms with E-state index in [0.29, 0.717) is 0 Å². The lowest BCUT2D eigenvalue weighted by molar-refractivity contribution is 0.653. The van der Waals surface area contributed by atoms with Gasteiger partial charge in [-0.15, -0.1) is 0 Å². The highest BCUT2D eigenvalue weighted by molar-refractivity contribution is 9.10. The van der Waals surface area contributed by atoms with E-state index in [1.54, 1.807) is 0 Å². The van der Waals surface area contributed by atoms with Gasteiger partial charge in [-0.2, -0.15) is 0 Å². The van der Waals surface area contributed by atoms with Gasteiger partial charge in [0.25, 0.3) is 0 Å². The molecule has 2 nitrogen and oxygen atoms in total.